The highest BCUT2D eigenvalue weighted by Gasteiger charge is 2.13. The van der Waals surface area contributed by atoms with Crippen molar-refractivity contribution in [3.8, 4) is 11.5 Å². The van der Waals surface area contributed by atoms with Crippen LogP contribution >= 0.6 is 0 Å². The van der Waals surface area contributed by atoms with Gasteiger partial charge >= 0.3 is 0 Å². The van der Waals surface area contributed by atoms with Gasteiger partial charge in [-0.15, -0.1) is 0 Å². The number of aliphatic imine (C=N–C) groups is 2. The van der Waals surface area contributed by atoms with E-state index in [2.05, 4.69) is 44.9 Å². The van der Waals surface area contributed by atoms with Gasteiger partial charge in [-0.25, -0.2) is 9.98 Å². The number of ether oxygens (including phenoxy) is 2. The van der Waals surface area contributed by atoms with Crippen molar-refractivity contribution in [3.63, 3.8) is 0 Å². The van der Waals surface area contributed by atoms with Crippen LogP contribution in [-0.2, 0) is 0 Å². The van der Waals surface area contributed by atoms with Gasteiger partial charge in [-0.1, -0.05) is 0 Å². The summed E-state index contributed by atoms with van der Waals surface area (Å²) in [5.74, 6) is 4.06. The Bertz CT molecular complexity index is 773. The normalized spacial score (nSPS) is 15.9. The molecule has 0 unspecified atom stereocenters. The van der Waals surface area contributed by atoms with Crippen LogP contribution in [0.2, 0.25) is 0 Å². The number of amidine groups is 2. The van der Waals surface area contributed by atoms with Gasteiger partial charge in [0.2, 0.25) is 11.7 Å². The van der Waals surface area contributed by atoms with Gasteiger partial charge in [0.15, 0.2) is 0 Å². The Morgan fingerprint density at radius 2 is 1.07 bits per heavy atom. The third kappa shape index (κ3) is 5.65. The first-order chi connectivity index (χ1) is 14.4. The van der Waals surface area contributed by atoms with Gasteiger partial charge in [0.05, 0.1) is 37.4 Å². The molecule has 0 saturated heterocycles. The van der Waals surface area contributed by atoms with Crippen LogP contribution < -0.4 is 20.1 Å². The second kappa shape index (κ2) is 10.2. The Morgan fingerprint density at radius 1 is 0.621 bits per heavy atom. The third-order valence-corrected chi connectivity index (χ3v) is 5.12. The first-order valence-electron chi connectivity index (χ1n) is 10.6. The van der Waals surface area contributed by atoms with E-state index in [1.54, 1.807) is 0 Å². The van der Waals surface area contributed by atoms with Gasteiger partial charge in [0.1, 0.15) is 24.6 Å². The standard InChI is InChI=1S/C23H28N4O2/c1(2-16-28-20-8-4-18(5-9-20)22-24-12-13-25-22)3-17-29-21-10-6-19(7-11-21)23-26-14-15-27-23/h4-11H,1-3,12-17H2,(H,24,25)(H,26,27)/p+2. The van der Waals surface area contributed by atoms with Crippen LogP contribution in [0.3, 0.4) is 0 Å². The molecule has 29 heavy (non-hydrogen) atoms. The van der Waals surface area contributed by atoms with E-state index in [-0.39, 0.29) is 0 Å². The topological polar surface area (TPSA) is 76.4 Å². The predicted octanol–water partition coefficient (Wildman–Crippen LogP) is 0.962. The molecule has 2 aromatic rings. The molecule has 4 rings (SSSR count). The van der Waals surface area contributed by atoms with E-state index in [0.717, 1.165) is 81.8 Å². The molecule has 6 nitrogen and oxygen atoms in total. The quantitative estimate of drug-likeness (QED) is 0.589. The summed E-state index contributed by atoms with van der Waals surface area (Å²) in [4.78, 5) is 8.97. The molecule has 4 N–H and O–H groups in total. The zero-order valence-electron chi connectivity index (χ0n) is 16.8. The molecular weight excluding hydrogens is 364 g/mol. The number of unbranched alkanes of at least 4 members (excludes halogenated alkanes) is 2. The highest BCUT2D eigenvalue weighted by atomic mass is 16.5. The van der Waals surface area contributed by atoms with E-state index in [9.17, 15) is 0 Å². The SMILES string of the molecule is c1cc(C2=NCC[NH2+]2)ccc1OCCCCCOc1ccc(C2=NCC[NH2+]2)cc1. The molecule has 0 spiro atoms. The lowest BCUT2D eigenvalue weighted by molar-refractivity contribution is -0.527. The molecule has 2 aliphatic heterocycles. The fraction of sp³-hybridized carbons (Fsp3) is 0.391. The molecule has 2 aromatic carbocycles. The Hall–Kier alpha value is -2.70. The zero-order chi connectivity index (χ0) is 19.7. The molecule has 0 saturated carbocycles. The average molecular weight is 395 g/mol. The van der Waals surface area contributed by atoms with Crippen LogP contribution in [-0.4, -0.2) is 51.1 Å². The molecule has 0 amide bonds. The lowest BCUT2D eigenvalue weighted by atomic mass is 10.2. The predicted molar refractivity (Wildman–Crippen MR) is 114 cm³/mol. The summed E-state index contributed by atoms with van der Waals surface area (Å²) in [6.45, 7) is 5.40. The van der Waals surface area contributed by atoms with Crippen molar-refractivity contribution in [2.24, 2.45) is 9.98 Å². The largest absolute Gasteiger partial charge is 0.494 e. The molecule has 152 valence electrons. The van der Waals surface area contributed by atoms with Crippen molar-refractivity contribution < 1.29 is 20.1 Å². The first-order valence-corrected chi connectivity index (χ1v) is 10.6. The maximum atomic E-state index is 5.85. The van der Waals surface area contributed by atoms with E-state index in [1.165, 1.54) is 11.1 Å². The second-order valence-electron chi connectivity index (χ2n) is 7.33. The lowest BCUT2D eigenvalue weighted by Crippen LogP contribution is -2.86. The summed E-state index contributed by atoms with van der Waals surface area (Å²) in [6.07, 6.45) is 3.15. The number of quaternary nitrogens is 2. The molecular formula is C23H30N4O2+2. The van der Waals surface area contributed by atoms with Gasteiger partial charge in [-0.3, -0.25) is 10.6 Å². The van der Waals surface area contributed by atoms with Gasteiger partial charge in [-0.05, 0) is 67.8 Å². The third-order valence-electron chi connectivity index (χ3n) is 5.12. The molecule has 0 radical (unpaired) electrons. The summed E-state index contributed by atoms with van der Waals surface area (Å²) < 4.78 is 11.7. The van der Waals surface area contributed by atoms with E-state index >= 15 is 0 Å². The summed E-state index contributed by atoms with van der Waals surface area (Å²) in [7, 11) is 0. The highest BCUT2D eigenvalue weighted by Crippen LogP contribution is 2.14. The Kier molecular flexibility index (Phi) is 6.89. The zero-order valence-corrected chi connectivity index (χ0v) is 16.8. The van der Waals surface area contributed by atoms with Crippen molar-refractivity contribution in [2.45, 2.75) is 19.3 Å². The van der Waals surface area contributed by atoms with E-state index < -0.39 is 0 Å². The van der Waals surface area contributed by atoms with Gasteiger partial charge in [0.25, 0.3) is 0 Å². The summed E-state index contributed by atoms with van der Waals surface area (Å²) in [5.41, 5.74) is 2.35. The number of benzene rings is 2. The molecule has 6 heteroatoms. The number of hydrogen-bond acceptors (Lipinski definition) is 4. The highest BCUT2D eigenvalue weighted by molar-refractivity contribution is 5.92. The van der Waals surface area contributed by atoms with E-state index in [1.807, 2.05) is 24.3 Å². The molecule has 2 heterocycles. The molecule has 0 bridgehead atoms. The monoisotopic (exact) mass is 394 g/mol. The number of nitrogens with zero attached hydrogens (tertiary/aromatic N) is 2. The lowest BCUT2D eigenvalue weighted by Gasteiger charge is -2.08. The maximum absolute atomic E-state index is 5.85. The summed E-state index contributed by atoms with van der Waals surface area (Å²) in [5, 5.41) is 4.38. The maximum Gasteiger partial charge on any atom is 0.227 e. The second-order valence-corrected chi connectivity index (χ2v) is 7.33. The van der Waals surface area contributed by atoms with Crippen molar-refractivity contribution in [1.29, 1.82) is 0 Å². The molecule has 0 aromatic heterocycles. The fourth-order valence-electron chi connectivity index (χ4n) is 3.52. The molecule has 0 fully saturated rings. The van der Waals surface area contributed by atoms with E-state index in [4.69, 9.17) is 9.47 Å². The number of rotatable bonds is 10. The molecule has 0 atom stereocenters. The minimum absolute atomic E-state index is 0.736. The smallest absolute Gasteiger partial charge is 0.227 e. The van der Waals surface area contributed by atoms with Crippen LogP contribution in [0.4, 0.5) is 0 Å². The van der Waals surface area contributed by atoms with Crippen LogP contribution in [0.25, 0.3) is 0 Å². The van der Waals surface area contributed by atoms with Crippen molar-refractivity contribution in [1.82, 2.24) is 0 Å². The summed E-state index contributed by atoms with van der Waals surface area (Å²) >= 11 is 0. The van der Waals surface area contributed by atoms with Crippen LogP contribution in [0.5, 0.6) is 11.5 Å². The van der Waals surface area contributed by atoms with Crippen LogP contribution in [0, 0.1) is 0 Å². The van der Waals surface area contributed by atoms with Crippen molar-refractivity contribution in [2.75, 3.05) is 39.4 Å². The van der Waals surface area contributed by atoms with Crippen molar-refractivity contribution >= 4 is 11.7 Å². The van der Waals surface area contributed by atoms with Crippen LogP contribution in [0.1, 0.15) is 30.4 Å². The molecule has 2 aliphatic rings. The fourth-order valence-corrected chi connectivity index (χ4v) is 3.52. The average Bonchev–Trinajstić information content (AvgIpc) is 3.48. The van der Waals surface area contributed by atoms with Gasteiger partial charge in [-0.2, -0.15) is 0 Å². The van der Waals surface area contributed by atoms with Crippen LogP contribution in [0.15, 0.2) is 58.5 Å². The van der Waals surface area contributed by atoms with Gasteiger partial charge in [0, 0.05) is 0 Å². The number of nitrogens with two attached hydrogens (primary N) is 2. The van der Waals surface area contributed by atoms with Gasteiger partial charge < -0.3 is 9.47 Å². The van der Waals surface area contributed by atoms with Crippen molar-refractivity contribution in [3.05, 3.63) is 59.7 Å². The Balaban J connectivity index is 1.08. The first kappa shape index (κ1) is 19.6. The summed E-state index contributed by atoms with van der Waals surface area (Å²) in [6, 6.07) is 16.5. The Morgan fingerprint density at radius 3 is 1.45 bits per heavy atom. The number of hydrogen-bond donors (Lipinski definition) is 2. The minimum Gasteiger partial charge on any atom is -0.494 e. The minimum atomic E-state index is 0.736. The molecule has 0 aliphatic carbocycles. The Labute approximate surface area is 172 Å². The van der Waals surface area contributed by atoms with E-state index in [0.29, 0.717) is 0 Å².